The molecule has 3 aromatic carbocycles. The molecule has 0 amide bonds. The van der Waals surface area contributed by atoms with Crippen molar-refractivity contribution in [3.63, 3.8) is 0 Å². The van der Waals surface area contributed by atoms with Gasteiger partial charge in [-0.1, -0.05) is 89.6 Å². The molecule has 2 N–H and O–H groups in total. The Kier molecular flexibility index (Phi) is 27.6. The summed E-state index contributed by atoms with van der Waals surface area (Å²) in [5.74, 6) is -0.733. The van der Waals surface area contributed by atoms with Crippen molar-refractivity contribution in [3.05, 3.63) is 95.8 Å². The molecule has 48 heavy (non-hydrogen) atoms. The third-order valence-electron chi connectivity index (χ3n) is 5.83. The first kappa shape index (κ1) is 47.4. The fraction of sp³-hybridized carbons (Fsp3) is 0.303. The number of nitrogens with zero attached hydrogens (tertiary/aromatic N) is 3. The number of hydrogen-bond donors (Lipinski definition) is 2. The van der Waals surface area contributed by atoms with Crippen LogP contribution in [0.4, 0.5) is 4.79 Å². The van der Waals surface area contributed by atoms with E-state index in [2.05, 4.69) is 50.3 Å². The Labute approximate surface area is 406 Å². The number of nitrogens with one attached hydrogen (secondary N) is 1. The van der Waals surface area contributed by atoms with Crippen LogP contribution in [0.3, 0.4) is 0 Å². The molecule has 15 heteroatoms. The SMILES string of the molecule is BrCCOCc1ccccc1.CCCn1nc(C(=O)OCC)c2ccccc21.CCOC(=O)c1n[nH]c2ccccc12.O=C([O-])O.[Cs+].[Cs+]. The number of H-pyrrole nitrogens is 1. The van der Waals surface area contributed by atoms with Gasteiger partial charge in [-0.15, -0.1) is 0 Å². The van der Waals surface area contributed by atoms with E-state index in [1.54, 1.807) is 13.8 Å². The Morgan fingerprint density at radius 1 is 0.833 bits per heavy atom. The summed E-state index contributed by atoms with van der Waals surface area (Å²) in [6, 6.07) is 25.4. The van der Waals surface area contributed by atoms with Crippen molar-refractivity contribution in [3.8, 4) is 0 Å². The van der Waals surface area contributed by atoms with E-state index in [1.807, 2.05) is 71.4 Å². The third kappa shape index (κ3) is 17.0. The van der Waals surface area contributed by atoms with Gasteiger partial charge in [0.25, 0.3) is 0 Å². The van der Waals surface area contributed by atoms with E-state index in [4.69, 9.17) is 29.2 Å². The van der Waals surface area contributed by atoms with E-state index >= 15 is 0 Å². The predicted octanol–water partition coefficient (Wildman–Crippen LogP) is -0.144. The van der Waals surface area contributed by atoms with Crippen LogP contribution in [0.2, 0.25) is 0 Å². The number of aromatic nitrogens is 4. The van der Waals surface area contributed by atoms with E-state index in [9.17, 15) is 9.59 Å². The Morgan fingerprint density at radius 3 is 1.96 bits per heavy atom. The van der Waals surface area contributed by atoms with Gasteiger partial charge in [-0.05, 0) is 38.0 Å². The van der Waals surface area contributed by atoms with E-state index in [1.165, 1.54) is 5.56 Å². The number of rotatable bonds is 10. The molecule has 5 aromatic rings. The molecule has 0 aliphatic rings. The fourth-order valence-corrected chi connectivity index (χ4v) is 4.23. The van der Waals surface area contributed by atoms with E-state index in [0.29, 0.717) is 31.2 Å². The number of carboxylic acid groups (broad SMARTS) is 2. The van der Waals surface area contributed by atoms with Crippen molar-refractivity contribution in [1.82, 2.24) is 20.0 Å². The van der Waals surface area contributed by atoms with E-state index in [0.717, 1.165) is 46.7 Å². The zero-order valence-electron chi connectivity index (χ0n) is 28.0. The predicted molar refractivity (Wildman–Crippen MR) is 176 cm³/mol. The minimum atomic E-state index is -2.08. The summed E-state index contributed by atoms with van der Waals surface area (Å²) in [6.07, 6.45) is -1.10. The van der Waals surface area contributed by atoms with Crippen molar-refractivity contribution in [1.29, 1.82) is 0 Å². The summed E-state index contributed by atoms with van der Waals surface area (Å²) in [5.41, 5.74) is 3.82. The van der Waals surface area contributed by atoms with E-state index in [-0.39, 0.29) is 150 Å². The Hall–Kier alpha value is -0.646. The molecule has 2 heterocycles. The quantitative estimate of drug-likeness (QED) is 0.109. The van der Waals surface area contributed by atoms with Crippen molar-refractivity contribution in [2.45, 2.75) is 40.3 Å². The standard InChI is InChI=1S/C13H16N2O2.C10H10N2O2.C9H11BrO.CH2O3.2Cs/c1-3-9-15-11-8-6-5-7-10(11)12(14-15)13(16)17-4-2;1-2-14-10(13)9-7-5-3-4-6-8(7)11-12-9;10-6-7-11-8-9-4-2-1-3-5-9;2-1(3)4;;/h5-8H,3-4,9H2,1-2H3;3-6H,2H2,1H3,(H,11,12);1-5H,6-8H2;(H2,2,3,4);;/q;;;;2*+1/p-1. The summed E-state index contributed by atoms with van der Waals surface area (Å²) in [6.45, 7) is 8.67. The topological polar surface area (TPSA) is 169 Å². The summed E-state index contributed by atoms with van der Waals surface area (Å²) in [7, 11) is 0. The van der Waals surface area contributed by atoms with Gasteiger partial charge in [-0.3, -0.25) is 9.78 Å². The van der Waals surface area contributed by atoms with Crippen molar-refractivity contribution < 1.29 is 177 Å². The van der Waals surface area contributed by atoms with Crippen LogP contribution in [0.15, 0.2) is 78.9 Å². The molecule has 0 fully saturated rings. The van der Waals surface area contributed by atoms with Crippen LogP contribution in [-0.2, 0) is 27.4 Å². The zero-order valence-corrected chi connectivity index (χ0v) is 42.1. The molecule has 5 rings (SSSR count). The number of fused-ring (bicyclic) bond motifs is 2. The first-order valence-corrected chi connectivity index (χ1v) is 15.7. The molecule has 0 spiro atoms. The number of aryl methyl sites for hydroxylation is 1. The molecule has 246 valence electrons. The van der Waals surface area contributed by atoms with Crippen LogP contribution in [-0.4, -0.2) is 68.3 Å². The first-order valence-electron chi connectivity index (χ1n) is 14.6. The zero-order chi connectivity index (χ0) is 33.7. The smallest absolute Gasteiger partial charge is 0.565 e. The molecular weight excluding hydrogens is 926 g/mol. The largest absolute Gasteiger partial charge is 1.00 e. The van der Waals surface area contributed by atoms with Gasteiger partial charge in [0.2, 0.25) is 6.16 Å². The maximum Gasteiger partial charge on any atom is 1.00 e. The summed E-state index contributed by atoms with van der Waals surface area (Å²) in [4.78, 5) is 31.6. The number of carbonyl (C=O) groups is 3. The van der Waals surface area contributed by atoms with Crippen LogP contribution < -0.4 is 143 Å². The number of alkyl halides is 1. The maximum atomic E-state index is 11.8. The van der Waals surface area contributed by atoms with Crippen LogP contribution >= 0.6 is 15.9 Å². The van der Waals surface area contributed by atoms with Gasteiger partial charge in [0.1, 0.15) is 0 Å². The molecule has 0 unspecified atom stereocenters. The van der Waals surface area contributed by atoms with Crippen molar-refractivity contribution >= 4 is 55.8 Å². The number of hydrogen-bond acceptors (Lipinski definition) is 9. The molecule has 0 radical (unpaired) electrons. The van der Waals surface area contributed by atoms with Crippen LogP contribution in [0.1, 0.15) is 53.7 Å². The molecule has 0 saturated carbocycles. The summed E-state index contributed by atoms with van der Waals surface area (Å²) in [5, 5.41) is 28.9. The second-order valence-corrected chi connectivity index (χ2v) is 9.93. The number of para-hydroxylation sites is 2. The normalized spacial score (nSPS) is 9.58. The molecule has 12 nitrogen and oxygen atoms in total. The number of esters is 2. The van der Waals surface area contributed by atoms with Crippen molar-refractivity contribution in [2.75, 3.05) is 25.2 Å². The number of carbonyl (C=O) groups excluding carboxylic acids is 2. The van der Waals surface area contributed by atoms with Gasteiger partial charge < -0.3 is 29.2 Å². The average Bonchev–Trinajstić information content (AvgIpc) is 3.65. The minimum absolute atomic E-state index is 0. The number of ether oxygens (including phenoxy) is 3. The molecule has 0 aliphatic carbocycles. The van der Waals surface area contributed by atoms with Gasteiger partial charge in [-0.2, -0.15) is 10.2 Å². The van der Waals surface area contributed by atoms with Gasteiger partial charge >= 0.3 is 150 Å². The van der Waals surface area contributed by atoms with Crippen LogP contribution in [0.25, 0.3) is 21.8 Å². The van der Waals surface area contributed by atoms with Gasteiger partial charge in [0.15, 0.2) is 11.4 Å². The summed E-state index contributed by atoms with van der Waals surface area (Å²) < 4.78 is 17.1. The Bertz CT molecular complexity index is 1650. The molecule has 0 atom stereocenters. The third-order valence-corrected chi connectivity index (χ3v) is 6.16. The maximum absolute atomic E-state index is 11.8. The molecule has 0 bridgehead atoms. The number of aromatic amines is 1. The number of halogens is 1. The van der Waals surface area contributed by atoms with Crippen LogP contribution in [0.5, 0.6) is 0 Å². The van der Waals surface area contributed by atoms with Gasteiger partial charge in [-0.25, -0.2) is 9.59 Å². The monoisotopic (exact) mass is 963 g/mol. The van der Waals surface area contributed by atoms with Crippen molar-refractivity contribution in [2.24, 2.45) is 0 Å². The summed E-state index contributed by atoms with van der Waals surface area (Å²) >= 11 is 3.30. The Morgan fingerprint density at radius 2 is 1.38 bits per heavy atom. The van der Waals surface area contributed by atoms with Crippen LogP contribution in [0, 0.1) is 0 Å². The van der Waals surface area contributed by atoms with Gasteiger partial charge in [0, 0.05) is 22.6 Å². The average molecular weight is 964 g/mol. The molecule has 2 aromatic heterocycles. The second-order valence-electron chi connectivity index (χ2n) is 9.14. The second kappa shape index (κ2) is 28.0. The molecule has 0 aliphatic heterocycles. The number of benzene rings is 3. The Balaban J connectivity index is 0.000000652. The minimum Gasteiger partial charge on any atom is -0.565 e. The molecular formula is C33H38BrCs2N4O8+. The fourth-order valence-electron chi connectivity index (χ4n) is 4.00. The first-order chi connectivity index (χ1) is 22.3. The van der Waals surface area contributed by atoms with E-state index < -0.39 is 6.16 Å². The molecule has 0 saturated heterocycles. The van der Waals surface area contributed by atoms with Gasteiger partial charge in [0.05, 0.1) is 37.5 Å².